The van der Waals surface area contributed by atoms with Crippen molar-refractivity contribution in [1.29, 1.82) is 0 Å². The molecule has 0 atom stereocenters. The van der Waals surface area contributed by atoms with Crippen molar-refractivity contribution in [3.05, 3.63) is 28.8 Å². The highest BCUT2D eigenvalue weighted by atomic mass is 35.5. The maximum atomic E-state index is 12.2. The number of aryl methyl sites for hydroxylation is 1. The molecule has 1 aromatic carbocycles. The summed E-state index contributed by atoms with van der Waals surface area (Å²) in [5.74, 6) is -0.235. The van der Waals surface area contributed by atoms with Gasteiger partial charge in [0, 0.05) is 5.02 Å². The van der Waals surface area contributed by atoms with Crippen molar-refractivity contribution in [2.75, 3.05) is 0 Å². The van der Waals surface area contributed by atoms with Crippen molar-refractivity contribution in [2.45, 2.75) is 33.6 Å². The maximum absolute atomic E-state index is 12.2. The molecule has 0 saturated carbocycles. The Balaban J connectivity index is 3.03. The fourth-order valence-corrected chi connectivity index (χ4v) is 2.39. The molecule has 0 N–H and O–H groups in total. The fourth-order valence-electron chi connectivity index (χ4n) is 1.82. The normalized spacial score (nSPS) is 11.2. The van der Waals surface area contributed by atoms with E-state index in [0.29, 0.717) is 23.6 Å². The Hall–Kier alpha value is -1.06. The van der Waals surface area contributed by atoms with Crippen molar-refractivity contribution >= 4 is 34.4 Å². The number of carbonyl (C=O) groups is 2. The lowest BCUT2D eigenvalue weighted by molar-refractivity contribution is -0.150. The molecule has 1 rings (SSSR count). The first-order valence-corrected chi connectivity index (χ1v) is 6.81. The summed E-state index contributed by atoms with van der Waals surface area (Å²) in [5.41, 5.74) is -0.558. The Morgan fingerprint density at radius 3 is 2.26 bits per heavy atom. The van der Waals surface area contributed by atoms with Crippen LogP contribution in [-0.4, -0.2) is 11.2 Å². The molecule has 0 aliphatic heterocycles. The third-order valence-corrected chi connectivity index (χ3v) is 3.91. The van der Waals surface area contributed by atoms with E-state index in [0.717, 1.165) is 5.56 Å². The van der Waals surface area contributed by atoms with Crippen LogP contribution < -0.4 is 4.74 Å². The molecule has 0 aliphatic carbocycles. The van der Waals surface area contributed by atoms with Crippen LogP contribution in [0.1, 0.15) is 32.3 Å². The van der Waals surface area contributed by atoms with Gasteiger partial charge in [-0.05, 0) is 55.1 Å². The molecule has 104 valence electrons. The second-order valence-corrected chi connectivity index (χ2v) is 5.14. The number of benzene rings is 1. The van der Waals surface area contributed by atoms with E-state index in [1.807, 2.05) is 0 Å². The zero-order chi connectivity index (χ0) is 14.6. The summed E-state index contributed by atoms with van der Waals surface area (Å²) >= 11 is 11.4. The number of hydrogen-bond acceptors (Lipinski definition) is 3. The molecular weight excluding hydrogens is 287 g/mol. The first kappa shape index (κ1) is 16.0. The van der Waals surface area contributed by atoms with Crippen molar-refractivity contribution in [3.63, 3.8) is 0 Å². The summed E-state index contributed by atoms with van der Waals surface area (Å²) in [6.07, 6.45) is 0.606. The molecule has 0 amide bonds. The molecule has 0 spiro atoms. The van der Waals surface area contributed by atoms with Gasteiger partial charge in [0.25, 0.3) is 0 Å². The lowest BCUT2D eigenvalue weighted by Gasteiger charge is -2.24. The molecule has 3 nitrogen and oxygen atoms in total. The molecule has 0 heterocycles. The maximum Gasteiger partial charge on any atom is 0.326 e. The molecule has 19 heavy (non-hydrogen) atoms. The smallest absolute Gasteiger partial charge is 0.326 e. The van der Waals surface area contributed by atoms with E-state index in [-0.39, 0.29) is 0 Å². The predicted octanol–water partition coefficient (Wildman–Crippen LogP) is 4.13. The van der Waals surface area contributed by atoms with E-state index < -0.39 is 16.6 Å². The van der Waals surface area contributed by atoms with Crippen LogP contribution in [0.25, 0.3) is 0 Å². The van der Waals surface area contributed by atoms with Crippen molar-refractivity contribution < 1.29 is 14.3 Å². The van der Waals surface area contributed by atoms with Gasteiger partial charge in [0.05, 0.1) is 0 Å². The number of esters is 1. The number of carbonyl (C=O) groups excluding carboxylic acids is 2. The van der Waals surface area contributed by atoms with E-state index >= 15 is 0 Å². The highest BCUT2D eigenvalue weighted by Gasteiger charge is 2.43. The van der Waals surface area contributed by atoms with Gasteiger partial charge >= 0.3 is 5.97 Å². The van der Waals surface area contributed by atoms with E-state index in [4.69, 9.17) is 27.9 Å². The second-order valence-electron chi connectivity index (χ2n) is 4.36. The Morgan fingerprint density at radius 2 is 1.84 bits per heavy atom. The Kier molecular flexibility index (Phi) is 5.39. The van der Waals surface area contributed by atoms with Crippen LogP contribution in [0.15, 0.2) is 18.2 Å². The number of ether oxygens (including phenoxy) is 1. The summed E-state index contributed by atoms with van der Waals surface area (Å²) in [7, 11) is 0. The van der Waals surface area contributed by atoms with Gasteiger partial charge in [0.15, 0.2) is 0 Å². The van der Waals surface area contributed by atoms with E-state index in [9.17, 15) is 9.59 Å². The lowest BCUT2D eigenvalue weighted by Crippen LogP contribution is -2.39. The van der Waals surface area contributed by atoms with Crippen LogP contribution in [0.3, 0.4) is 0 Å². The molecule has 0 radical (unpaired) electrons. The average molecular weight is 303 g/mol. The van der Waals surface area contributed by atoms with Crippen LogP contribution in [0.4, 0.5) is 0 Å². The first-order chi connectivity index (χ1) is 8.87. The number of rotatable bonds is 5. The van der Waals surface area contributed by atoms with Crippen LogP contribution in [-0.2, 0) is 9.59 Å². The zero-order valence-electron chi connectivity index (χ0n) is 11.1. The van der Waals surface area contributed by atoms with E-state index in [2.05, 4.69) is 0 Å². The van der Waals surface area contributed by atoms with Crippen LogP contribution >= 0.6 is 23.2 Å². The summed E-state index contributed by atoms with van der Waals surface area (Å²) in [6, 6.07) is 4.91. The summed E-state index contributed by atoms with van der Waals surface area (Å²) in [5, 5.41) is -0.128. The standard InChI is InChI=1S/C14H16Cl2O3/c1-4-14(5-2,12(16)17)13(18)19-11-7-6-10(15)8-9(11)3/h6-8H,4-5H2,1-3H3. The molecule has 1 aromatic rings. The predicted molar refractivity (Wildman–Crippen MR) is 75.7 cm³/mol. The number of halogens is 2. The Labute approximate surface area is 122 Å². The molecule has 0 fully saturated rings. The van der Waals surface area contributed by atoms with Gasteiger partial charge in [0.1, 0.15) is 11.2 Å². The zero-order valence-corrected chi connectivity index (χ0v) is 12.6. The molecule has 0 saturated heterocycles. The largest absolute Gasteiger partial charge is 0.425 e. The summed E-state index contributed by atoms with van der Waals surface area (Å²) in [4.78, 5) is 23.8. The Morgan fingerprint density at radius 1 is 1.26 bits per heavy atom. The third kappa shape index (κ3) is 3.28. The van der Waals surface area contributed by atoms with Crippen LogP contribution in [0.5, 0.6) is 5.75 Å². The van der Waals surface area contributed by atoms with Crippen molar-refractivity contribution in [2.24, 2.45) is 5.41 Å². The summed E-state index contributed by atoms with van der Waals surface area (Å²) in [6.45, 7) is 5.25. The molecule has 0 aromatic heterocycles. The topological polar surface area (TPSA) is 43.4 Å². The Bertz CT molecular complexity index is 493. The third-order valence-electron chi connectivity index (χ3n) is 3.31. The average Bonchev–Trinajstić information content (AvgIpc) is 2.34. The minimum Gasteiger partial charge on any atom is -0.425 e. The van der Waals surface area contributed by atoms with Crippen molar-refractivity contribution in [3.8, 4) is 5.75 Å². The van der Waals surface area contributed by atoms with E-state index in [1.54, 1.807) is 39.0 Å². The van der Waals surface area contributed by atoms with Gasteiger partial charge in [-0.25, -0.2) is 0 Å². The molecule has 0 bridgehead atoms. The van der Waals surface area contributed by atoms with Gasteiger partial charge in [-0.2, -0.15) is 0 Å². The highest BCUT2D eigenvalue weighted by Crippen LogP contribution is 2.33. The minimum absolute atomic E-state index is 0.303. The van der Waals surface area contributed by atoms with Crippen LogP contribution in [0.2, 0.25) is 5.02 Å². The minimum atomic E-state index is -1.28. The van der Waals surface area contributed by atoms with E-state index in [1.165, 1.54) is 0 Å². The van der Waals surface area contributed by atoms with Gasteiger partial charge < -0.3 is 4.74 Å². The first-order valence-electron chi connectivity index (χ1n) is 6.05. The SMILES string of the molecule is CCC(CC)(C(=O)Cl)C(=O)Oc1ccc(Cl)cc1C. The van der Waals surface area contributed by atoms with Crippen LogP contribution in [0, 0.1) is 12.3 Å². The fraction of sp³-hybridized carbons (Fsp3) is 0.429. The monoisotopic (exact) mass is 302 g/mol. The van der Waals surface area contributed by atoms with Gasteiger partial charge in [0.2, 0.25) is 5.24 Å². The molecule has 0 aliphatic rings. The molecule has 0 unspecified atom stereocenters. The van der Waals surface area contributed by atoms with Crippen molar-refractivity contribution in [1.82, 2.24) is 0 Å². The second kappa shape index (κ2) is 6.40. The quantitative estimate of drug-likeness (QED) is 0.355. The molecular formula is C14H16Cl2O3. The lowest BCUT2D eigenvalue weighted by atomic mass is 9.84. The highest BCUT2D eigenvalue weighted by molar-refractivity contribution is 6.66. The summed E-state index contributed by atoms with van der Waals surface area (Å²) < 4.78 is 5.31. The van der Waals surface area contributed by atoms with Gasteiger partial charge in [-0.3, -0.25) is 9.59 Å². The number of hydrogen-bond donors (Lipinski definition) is 0. The molecule has 5 heteroatoms. The van der Waals surface area contributed by atoms with Gasteiger partial charge in [-0.1, -0.05) is 25.4 Å². The van der Waals surface area contributed by atoms with Gasteiger partial charge in [-0.15, -0.1) is 0 Å².